The highest BCUT2D eigenvalue weighted by atomic mass is 35.7. The number of sulfone groups is 1. The maximum atomic E-state index is 13.4. The smallest absolute Gasteiger partial charge is 0.431 e. The molecule has 0 fully saturated rings. The Morgan fingerprint density at radius 3 is 1.16 bits per heavy atom. The van der Waals surface area contributed by atoms with Crippen molar-refractivity contribution < 1.29 is 97.4 Å². The van der Waals surface area contributed by atoms with Crippen LogP contribution in [0.15, 0.2) is 60.7 Å². The lowest BCUT2D eigenvalue weighted by Gasteiger charge is -2.29. The molecule has 0 unspecified atom stereocenters. The molecule has 0 saturated carbocycles. The lowest BCUT2D eigenvalue weighted by atomic mass is 10.0. The molecule has 0 heterocycles. The van der Waals surface area contributed by atoms with Gasteiger partial charge in [-0.3, -0.25) is 9.59 Å². The van der Waals surface area contributed by atoms with Gasteiger partial charge in [0.05, 0.1) is 35.6 Å². The Labute approximate surface area is 336 Å². The van der Waals surface area contributed by atoms with Crippen LogP contribution in [0.4, 0.5) is 61.5 Å². The molecular weight excluding hydrogens is 939 g/mol. The Hall–Kier alpha value is -2.87. The molecule has 0 radical (unpaired) electrons. The zero-order chi connectivity index (χ0) is 45.9. The molecule has 0 aliphatic carbocycles. The number of carbonyl (C=O) groups excluding carboxylic acids is 2. The molecule has 0 saturated heterocycles. The van der Waals surface area contributed by atoms with Crippen LogP contribution in [0.25, 0.3) is 0 Å². The summed E-state index contributed by atoms with van der Waals surface area (Å²) in [5, 5.41) is 0.194. The summed E-state index contributed by atoms with van der Waals surface area (Å²) in [6.07, 6.45) is -30.6. The lowest BCUT2D eigenvalue weighted by Crippen LogP contribution is -2.54. The quantitative estimate of drug-likeness (QED) is 0.0851. The Kier molecular flexibility index (Phi) is 24.1. The van der Waals surface area contributed by atoms with Crippen LogP contribution in [-0.4, -0.2) is 94.0 Å². The summed E-state index contributed by atoms with van der Waals surface area (Å²) < 4.78 is 225. The molecule has 0 amide bonds. The maximum Gasteiger partial charge on any atom is 0.431 e. The number of esters is 2. The van der Waals surface area contributed by atoms with Crippen LogP contribution in [0.5, 0.6) is 0 Å². The Bertz CT molecular complexity index is 1700. The Morgan fingerprint density at radius 1 is 0.552 bits per heavy atom. The lowest BCUT2D eigenvalue weighted by molar-refractivity contribution is -0.342. The van der Waals surface area contributed by atoms with Gasteiger partial charge in [-0.05, 0) is 11.1 Å². The van der Waals surface area contributed by atoms with Gasteiger partial charge in [0.25, 0.3) is 11.3 Å². The van der Waals surface area contributed by atoms with Gasteiger partial charge < -0.3 is 15.2 Å². The first-order valence-electron chi connectivity index (χ1n) is 15.1. The predicted octanol–water partition coefficient (Wildman–Crippen LogP) is 8.65. The third kappa shape index (κ3) is 21.9. The third-order valence-corrected chi connectivity index (χ3v) is 9.32. The Morgan fingerprint density at radius 2 is 0.862 bits per heavy atom. The molecule has 58 heavy (non-hydrogen) atoms. The molecule has 336 valence electrons. The fourth-order valence-electron chi connectivity index (χ4n) is 3.40. The highest BCUT2D eigenvalue weighted by Crippen LogP contribution is 2.49. The maximum absolute atomic E-state index is 13.4. The summed E-state index contributed by atoms with van der Waals surface area (Å²) in [4.78, 5) is 22.1. The first kappa shape index (κ1) is 57.2. The average Bonchev–Trinajstić information content (AvgIpc) is 3.09. The number of hydrogen-bond donors (Lipinski definition) is 1. The van der Waals surface area contributed by atoms with Gasteiger partial charge in [0, 0.05) is 23.5 Å². The van der Waals surface area contributed by atoms with Crippen molar-refractivity contribution in [2.24, 2.45) is 5.73 Å². The van der Waals surface area contributed by atoms with E-state index in [4.69, 9.17) is 38.4 Å². The van der Waals surface area contributed by atoms with E-state index in [1.807, 2.05) is 30.3 Å². The highest BCUT2D eigenvalue weighted by molar-refractivity contribution is 8.13. The largest absolute Gasteiger partial charge is 0.461 e. The van der Waals surface area contributed by atoms with Crippen LogP contribution in [-0.2, 0) is 51.2 Å². The molecule has 0 aromatic heterocycles. The molecular formula is C30H32Cl3F14NO8S2. The number of carbonyl (C=O) groups is 2. The predicted molar refractivity (Wildman–Crippen MR) is 182 cm³/mol. The summed E-state index contributed by atoms with van der Waals surface area (Å²) in [6.45, 7) is 0.0547. The molecule has 0 aliphatic heterocycles. The fraction of sp³-hybridized carbons (Fsp3) is 0.533. The summed E-state index contributed by atoms with van der Waals surface area (Å²) in [5.41, 5.74) is -4.61. The van der Waals surface area contributed by atoms with E-state index in [9.17, 15) is 87.9 Å². The molecule has 0 atom stereocenters. The second-order valence-electron chi connectivity index (χ2n) is 10.8. The van der Waals surface area contributed by atoms with Crippen molar-refractivity contribution in [2.75, 3.05) is 29.1 Å². The van der Waals surface area contributed by atoms with E-state index in [1.54, 1.807) is 30.3 Å². The minimum atomic E-state index is -6.32. The normalized spacial score (nSPS) is 12.7. The molecule has 2 aromatic rings. The van der Waals surface area contributed by atoms with Gasteiger partial charge in [-0.15, -0.1) is 23.2 Å². The van der Waals surface area contributed by atoms with E-state index < -0.39 is 97.4 Å². The van der Waals surface area contributed by atoms with Gasteiger partial charge >= 0.3 is 36.6 Å². The number of alkyl halides is 16. The van der Waals surface area contributed by atoms with Gasteiger partial charge in [-0.1, -0.05) is 60.7 Å². The second kappa shape index (κ2) is 24.4. The van der Waals surface area contributed by atoms with Crippen LogP contribution in [0.3, 0.4) is 0 Å². The zero-order valence-corrected chi connectivity index (χ0v) is 32.8. The molecule has 2 aromatic carbocycles. The summed E-state index contributed by atoms with van der Waals surface area (Å²) in [7, 11) is -4.79. The van der Waals surface area contributed by atoms with Gasteiger partial charge in [0.15, 0.2) is 9.84 Å². The van der Waals surface area contributed by atoms with Crippen LogP contribution in [0, 0.1) is 0 Å². The van der Waals surface area contributed by atoms with E-state index in [2.05, 4.69) is 10.7 Å². The van der Waals surface area contributed by atoms with Crippen molar-refractivity contribution in [1.29, 1.82) is 0 Å². The van der Waals surface area contributed by atoms with E-state index in [0.29, 0.717) is 12.2 Å². The van der Waals surface area contributed by atoms with Crippen molar-refractivity contribution in [3.63, 3.8) is 0 Å². The SMILES string of the molecule is ClCCl.NCC(=O)OCc1ccccc1.O=C(CCS(=O)(=O)CCC(F)(C(F)(F)F)C(F)(F)F)OCc1ccccc1.O=S(=O)(Cl)CCC(F)(C(F)(F)F)C(F)(F)F. The molecule has 28 heteroatoms. The summed E-state index contributed by atoms with van der Waals surface area (Å²) in [6, 6.07) is 17.7. The van der Waals surface area contributed by atoms with Crippen molar-refractivity contribution in [3.05, 3.63) is 71.8 Å². The highest BCUT2D eigenvalue weighted by Gasteiger charge is 2.73. The minimum Gasteiger partial charge on any atom is -0.461 e. The van der Waals surface area contributed by atoms with E-state index in [-0.39, 0.29) is 24.5 Å². The number of halogens is 17. The number of benzene rings is 2. The van der Waals surface area contributed by atoms with E-state index in [1.165, 1.54) is 0 Å². The van der Waals surface area contributed by atoms with Crippen molar-refractivity contribution in [2.45, 2.75) is 68.5 Å². The summed E-state index contributed by atoms with van der Waals surface area (Å²) in [5.74, 6) is -5.95. The first-order valence-corrected chi connectivity index (χ1v) is 20.5. The number of hydrogen-bond acceptors (Lipinski definition) is 9. The molecule has 0 spiro atoms. The fourth-order valence-corrected chi connectivity index (χ4v) is 5.43. The van der Waals surface area contributed by atoms with Crippen LogP contribution < -0.4 is 5.73 Å². The average molecular weight is 971 g/mol. The van der Waals surface area contributed by atoms with Crippen molar-refractivity contribution in [3.8, 4) is 0 Å². The Balaban J connectivity index is 0. The van der Waals surface area contributed by atoms with Gasteiger partial charge in [0.2, 0.25) is 9.05 Å². The summed E-state index contributed by atoms with van der Waals surface area (Å²) >= 11 is 9.53. The topological polar surface area (TPSA) is 147 Å². The van der Waals surface area contributed by atoms with Gasteiger partial charge in [-0.2, -0.15) is 52.7 Å². The standard InChI is InChI=1S/C15H15F7O4S.C9H11NO2.C5H4ClF7O2S.CH2Cl2/c16-13(14(17,18)19,15(20,21)22)7-9-27(24,25)8-6-12(23)26-10-11-4-2-1-3-5-11;10-6-9(11)12-7-8-4-2-1-3-5-8;6-16(14,15)2-1-3(7,4(8,9)10)5(11,12)13;2-1-3/h1-5H,6-10H2;1-5H,6-7,10H2;1-2H2;1H2. The van der Waals surface area contributed by atoms with Gasteiger partial charge in [-0.25, -0.2) is 25.6 Å². The zero-order valence-electron chi connectivity index (χ0n) is 28.9. The van der Waals surface area contributed by atoms with Crippen LogP contribution in [0.1, 0.15) is 30.4 Å². The van der Waals surface area contributed by atoms with E-state index >= 15 is 0 Å². The number of rotatable bonds is 14. The third-order valence-electron chi connectivity index (χ3n) is 6.51. The molecule has 0 aliphatic rings. The molecule has 0 bridgehead atoms. The monoisotopic (exact) mass is 969 g/mol. The number of ether oxygens (including phenoxy) is 2. The van der Waals surface area contributed by atoms with Crippen molar-refractivity contribution >= 4 is 64.7 Å². The molecule has 2 N–H and O–H groups in total. The van der Waals surface area contributed by atoms with Crippen LogP contribution >= 0.6 is 33.9 Å². The minimum absolute atomic E-state index is 0.0627. The van der Waals surface area contributed by atoms with Gasteiger partial charge in [0.1, 0.15) is 13.2 Å². The van der Waals surface area contributed by atoms with Crippen molar-refractivity contribution in [1.82, 2.24) is 0 Å². The second-order valence-corrected chi connectivity index (χ2v) is 16.8. The number of nitrogens with two attached hydrogens (primary N) is 1. The molecule has 9 nitrogen and oxygen atoms in total. The first-order chi connectivity index (χ1) is 26.1. The van der Waals surface area contributed by atoms with Crippen LogP contribution in [0.2, 0.25) is 0 Å². The molecule has 2 rings (SSSR count). The van der Waals surface area contributed by atoms with E-state index in [0.717, 1.165) is 5.56 Å².